The first-order valence-electron chi connectivity index (χ1n) is 7.04. The van der Waals surface area contributed by atoms with Gasteiger partial charge in [0.05, 0.1) is 22.4 Å². The molecule has 0 bridgehead atoms. The average Bonchev–Trinajstić information content (AvgIpc) is 2.57. The van der Waals surface area contributed by atoms with Crippen molar-refractivity contribution in [2.45, 2.75) is 0 Å². The van der Waals surface area contributed by atoms with Gasteiger partial charge < -0.3 is 14.6 Å². The summed E-state index contributed by atoms with van der Waals surface area (Å²) in [4.78, 5) is 23.9. The number of phenols is 2. The summed E-state index contributed by atoms with van der Waals surface area (Å²) in [5, 5.41) is 23.2. The second-order valence-corrected chi connectivity index (χ2v) is 5.39. The molecule has 0 radical (unpaired) electrons. The van der Waals surface area contributed by atoms with Gasteiger partial charge in [-0.25, -0.2) is 10.2 Å². The molecule has 0 aliphatic rings. The molecule has 0 atom stereocenters. The Bertz CT molecular complexity index is 1060. The molecule has 3 aromatic rings. The number of benzene rings is 2. The topological polar surface area (TPSA) is 112 Å². The maximum absolute atomic E-state index is 12.0. The number of para-hydroxylation sites is 1. The van der Waals surface area contributed by atoms with E-state index in [1.165, 1.54) is 12.1 Å². The van der Waals surface area contributed by atoms with E-state index in [-0.39, 0.29) is 21.9 Å². The molecule has 3 N–H and O–H groups in total. The highest BCUT2D eigenvalue weighted by atomic mass is 35.5. The molecule has 0 aliphatic carbocycles. The number of phenolic OH excluding ortho intramolecular Hbond substituents is 2. The molecule has 0 saturated heterocycles. The molecule has 2 aromatic carbocycles. The molecule has 0 saturated carbocycles. The fourth-order valence-electron chi connectivity index (χ4n) is 2.16. The van der Waals surface area contributed by atoms with Crippen LogP contribution in [-0.4, -0.2) is 22.3 Å². The predicted molar refractivity (Wildman–Crippen MR) is 92.3 cm³/mol. The number of rotatable bonds is 3. The highest BCUT2D eigenvalue weighted by Gasteiger charge is 2.13. The normalized spacial score (nSPS) is 11.1. The summed E-state index contributed by atoms with van der Waals surface area (Å²) < 4.78 is 5.14. The van der Waals surface area contributed by atoms with E-state index in [2.05, 4.69) is 10.5 Å². The zero-order valence-electron chi connectivity index (χ0n) is 12.6. The van der Waals surface area contributed by atoms with E-state index in [0.29, 0.717) is 11.0 Å². The minimum atomic E-state index is -0.727. The third-order valence-electron chi connectivity index (χ3n) is 3.37. The number of amides is 1. The van der Waals surface area contributed by atoms with E-state index < -0.39 is 17.3 Å². The second kappa shape index (κ2) is 6.66. The molecule has 25 heavy (non-hydrogen) atoms. The van der Waals surface area contributed by atoms with Gasteiger partial charge in [0.2, 0.25) is 0 Å². The van der Waals surface area contributed by atoms with Crippen molar-refractivity contribution in [2.75, 3.05) is 0 Å². The number of hydrazone groups is 1. The first kappa shape index (κ1) is 16.5. The Hall–Kier alpha value is -3.32. The van der Waals surface area contributed by atoms with Crippen molar-refractivity contribution >= 4 is 34.7 Å². The maximum Gasteiger partial charge on any atom is 0.346 e. The van der Waals surface area contributed by atoms with Crippen molar-refractivity contribution in [1.29, 1.82) is 0 Å². The zero-order valence-corrected chi connectivity index (χ0v) is 13.3. The molecule has 0 fully saturated rings. The van der Waals surface area contributed by atoms with Gasteiger partial charge in [-0.15, -0.1) is 0 Å². The highest BCUT2D eigenvalue weighted by molar-refractivity contribution is 6.37. The molecule has 3 rings (SSSR count). The first-order chi connectivity index (χ1) is 12.0. The quantitative estimate of drug-likeness (QED) is 0.378. The highest BCUT2D eigenvalue weighted by Crippen LogP contribution is 2.24. The summed E-state index contributed by atoms with van der Waals surface area (Å²) in [7, 11) is 0. The Labute approximate surface area is 145 Å². The van der Waals surface area contributed by atoms with E-state index in [1.54, 1.807) is 24.3 Å². The maximum atomic E-state index is 12.0. The van der Waals surface area contributed by atoms with Crippen LogP contribution >= 0.6 is 11.6 Å². The minimum Gasteiger partial charge on any atom is -0.508 e. The van der Waals surface area contributed by atoms with Gasteiger partial charge >= 0.3 is 5.63 Å². The fraction of sp³-hybridized carbons (Fsp3) is 0. The summed E-state index contributed by atoms with van der Waals surface area (Å²) in [6.45, 7) is 0. The van der Waals surface area contributed by atoms with Crippen LogP contribution in [0.1, 0.15) is 15.9 Å². The van der Waals surface area contributed by atoms with Crippen LogP contribution in [0.2, 0.25) is 5.02 Å². The van der Waals surface area contributed by atoms with Crippen LogP contribution in [0, 0.1) is 0 Å². The number of carbonyl (C=O) groups excluding carboxylic acids is 1. The third kappa shape index (κ3) is 3.31. The van der Waals surface area contributed by atoms with Crippen LogP contribution in [0.25, 0.3) is 11.0 Å². The predicted octanol–water partition coefficient (Wildman–Crippen LogP) is 2.62. The number of nitrogens with zero attached hydrogens (tertiary/aromatic N) is 1. The number of hydrogen-bond donors (Lipinski definition) is 3. The Morgan fingerprint density at radius 1 is 1.20 bits per heavy atom. The molecule has 1 aromatic heterocycles. The summed E-state index contributed by atoms with van der Waals surface area (Å²) in [5.41, 5.74) is 1.69. The van der Waals surface area contributed by atoms with E-state index in [0.717, 1.165) is 12.3 Å². The largest absolute Gasteiger partial charge is 0.508 e. The molecule has 7 nitrogen and oxygen atoms in total. The lowest BCUT2D eigenvalue weighted by atomic mass is 10.2. The molecule has 1 amide bonds. The molecule has 0 unspecified atom stereocenters. The zero-order chi connectivity index (χ0) is 18.0. The molecule has 1 heterocycles. The summed E-state index contributed by atoms with van der Waals surface area (Å²) in [5.74, 6) is -1.32. The summed E-state index contributed by atoms with van der Waals surface area (Å²) >= 11 is 6.19. The van der Waals surface area contributed by atoms with Crippen molar-refractivity contribution in [3.8, 4) is 11.5 Å². The molecule has 8 heteroatoms. The van der Waals surface area contributed by atoms with Gasteiger partial charge in [-0.3, -0.25) is 4.79 Å². The SMILES string of the molecule is O=C(N/N=C/c1c(Cl)c2ccccc2oc1=O)c1ccc(O)cc1O. The van der Waals surface area contributed by atoms with Gasteiger partial charge in [0, 0.05) is 11.5 Å². The molecular formula is C17H11ClN2O5. The van der Waals surface area contributed by atoms with Crippen molar-refractivity contribution in [3.63, 3.8) is 0 Å². The minimum absolute atomic E-state index is 0.0180. The van der Waals surface area contributed by atoms with Gasteiger partial charge in [-0.05, 0) is 24.3 Å². The van der Waals surface area contributed by atoms with E-state index in [1.807, 2.05) is 0 Å². The van der Waals surface area contributed by atoms with Crippen molar-refractivity contribution in [3.05, 3.63) is 69.0 Å². The van der Waals surface area contributed by atoms with Crippen LogP contribution in [-0.2, 0) is 0 Å². The van der Waals surface area contributed by atoms with Gasteiger partial charge in [0.15, 0.2) is 0 Å². The lowest BCUT2D eigenvalue weighted by molar-refractivity contribution is 0.0952. The van der Waals surface area contributed by atoms with Crippen LogP contribution in [0.5, 0.6) is 11.5 Å². The number of hydrogen-bond acceptors (Lipinski definition) is 6. The second-order valence-electron chi connectivity index (χ2n) is 5.01. The van der Waals surface area contributed by atoms with Gasteiger partial charge in [0.1, 0.15) is 17.1 Å². The number of nitrogens with one attached hydrogen (secondary N) is 1. The lowest BCUT2D eigenvalue weighted by Crippen LogP contribution is -2.18. The molecule has 0 aliphatic heterocycles. The molecular weight excluding hydrogens is 348 g/mol. The van der Waals surface area contributed by atoms with Gasteiger partial charge in [-0.2, -0.15) is 5.10 Å². The summed E-state index contributed by atoms with van der Waals surface area (Å²) in [6.07, 6.45) is 1.07. The standard InChI is InChI=1S/C17H11ClN2O5/c18-15-11-3-1-2-4-14(11)25-17(24)12(15)8-19-20-16(23)10-6-5-9(21)7-13(10)22/h1-8,21-22H,(H,20,23)/b19-8+. The number of halogens is 1. The Kier molecular flexibility index (Phi) is 4.40. The van der Waals surface area contributed by atoms with Crippen molar-refractivity contribution in [2.24, 2.45) is 5.10 Å². The first-order valence-corrected chi connectivity index (χ1v) is 7.42. The lowest BCUT2D eigenvalue weighted by Gasteiger charge is -2.04. The van der Waals surface area contributed by atoms with Crippen LogP contribution in [0.15, 0.2) is 56.8 Å². The molecule has 126 valence electrons. The van der Waals surface area contributed by atoms with Crippen LogP contribution in [0.3, 0.4) is 0 Å². The fourth-order valence-corrected chi connectivity index (χ4v) is 2.45. The van der Waals surface area contributed by atoms with E-state index >= 15 is 0 Å². The van der Waals surface area contributed by atoms with E-state index in [9.17, 15) is 19.8 Å². The number of carbonyl (C=O) groups is 1. The number of aromatic hydroxyl groups is 2. The molecule has 0 spiro atoms. The Balaban J connectivity index is 1.86. The van der Waals surface area contributed by atoms with Crippen molar-refractivity contribution in [1.82, 2.24) is 5.43 Å². The van der Waals surface area contributed by atoms with Crippen LogP contribution in [0.4, 0.5) is 0 Å². The van der Waals surface area contributed by atoms with Gasteiger partial charge in [0.25, 0.3) is 5.91 Å². The smallest absolute Gasteiger partial charge is 0.346 e. The number of fused-ring (bicyclic) bond motifs is 1. The Morgan fingerprint density at radius 3 is 2.72 bits per heavy atom. The monoisotopic (exact) mass is 358 g/mol. The van der Waals surface area contributed by atoms with E-state index in [4.69, 9.17) is 16.0 Å². The van der Waals surface area contributed by atoms with Crippen molar-refractivity contribution < 1.29 is 19.4 Å². The third-order valence-corrected chi connectivity index (χ3v) is 3.78. The summed E-state index contributed by atoms with van der Waals surface area (Å²) in [6, 6.07) is 10.2. The average molecular weight is 359 g/mol. The van der Waals surface area contributed by atoms with Gasteiger partial charge in [-0.1, -0.05) is 23.7 Å². The van der Waals surface area contributed by atoms with Crippen LogP contribution < -0.4 is 11.1 Å². The Morgan fingerprint density at radius 2 is 1.96 bits per heavy atom.